The maximum Gasteiger partial charge on any atom is 0.135 e. The number of fused-ring (bicyclic) bond motifs is 1. The summed E-state index contributed by atoms with van der Waals surface area (Å²) in [5, 5.41) is 20.1. The van der Waals surface area contributed by atoms with Gasteiger partial charge in [0.05, 0.1) is 11.8 Å². The fraction of sp³-hybridized carbons (Fsp3) is 0.636. The molecule has 2 heterocycles. The molecule has 15 heavy (non-hydrogen) atoms. The molecule has 1 aromatic heterocycles. The van der Waals surface area contributed by atoms with E-state index in [2.05, 4.69) is 0 Å². The van der Waals surface area contributed by atoms with Crippen molar-refractivity contribution in [1.82, 2.24) is 9.47 Å². The van der Waals surface area contributed by atoms with E-state index in [0.717, 1.165) is 16.8 Å². The number of rotatable bonds is 0. The Labute approximate surface area is 89.7 Å². The number of aromatic nitrogens is 1. The smallest absolute Gasteiger partial charge is 0.135 e. The van der Waals surface area contributed by atoms with Crippen LogP contribution in [0.2, 0.25) is 0 Å². The fourth-order valence-corrected chi connectivity index (χ4v) is 2.38. The number of aliphatic hydroxyl groups excluding tert-OH is 2. The first-order valence-corrected chi connectivity index (χ1v) is 5.24. The molecule has 2 N–H and O–H groups in total. The van der Waals surface area contributed by atoms with Gasteiger partial charge < -0.3 is 14.8 Å². The van der Waals surface area contributed by atoms with Crippen LogP contribution in [-0.2, 0) is 7.05 Å². The van der Waals surface area contributed by atoms with Crippen LogP contribution in [0.25, 0.3) is 0 Å². The lowest BCUT2D eigenvalue weighted by molar-refractivity contribution is 0.0206. The molecule has 0 bridgehead atoms. The Bertz CT molecular complexity index is 373. The van der Waals surface area contributed by atoms with Crippen LogP contribution >= 0.6 is 0 Å². The van der Waals surface area contributed by atoms with Crippen LogP contribution in [0.1, 0.15) is 35.6 Å². The second kappa shape index (κ2) is 3.63. The second-order valence-electron chi connectivity index (χ2n) is 4.38. The topological polar surface area (TPSA) is 48.6 Å². The van der Waals surface area contributed by atoms with Crippen molar-refractivity contribution >= 4 is 0 Å². The highest BCUT2D eigenvalue weighted by atomic mass is 16.3. The predicted octanol–water partition coefficient (Wildman–Crippen LogP) is 0.693. The highest BCUT2D eigenvalue weighted by Gasteiger charge is 2.29. The highest BCUT2D eigenvalue weighted by molar-refractivity contribution is 5.35. The van der Waals surface area contributed by atoms with Gasteiger partial charge in [-0.15, -0.1) is 0 Å². The fourth-order valence-electron chi connectivity index (χ4n) is 2.38. The third-order valence-electron chi connectivity index (χ3n) is 3.21. The van der Waals surface area contributed by atoms with Crippen molar-refractivity contribution in [2.24, 2.45) is 7.05 Å². The molecule has 2 rings (SSSR count). The van der Waals surface area contributed by atoms with Gasteiger partial charge in [0.1, 0.15) is 6.23 Å². The van der Waals surface area contributed by atoms with Gasteiger partial charge >= 0.3 is 0 Å². The zero-order valence-corrected chi connectivity index (χ0v) is 9.44. The predicted molar refractivity (Wildman–Crippen MR) is 57.3 cm³/mol. The van der Waals surface area contributed by atoms with Gasteiger partial charge in [-0.05, 0) is 26.0 Å². The Hall–Kier alpha value is -0.840. The van der Waals surface area contributed by atoms with Gasteiger partial charge in [0.15, 0.2) is 0 Å². The molecule has 0 radical (unpaired) electrons. The summed E-state index contributed by atoms with van der Waals surface area (Å²) >= 11 is 0. The van der Waals surface area contributed by atoms with E-state index < -0.39 is 12.3 Å². The summed E-state index contributed by atoms with van der Waals surface area (Å²) in [4.78, 5) is 1.86. The number of hydrogen-bond donors (Lipinski definition) is 2. The van der Waals surface area contributed by atoms with E-state index in [1.807, 2.05) is 36.7 Å². The lowest BCUT2D eigenvalue weighted by Gasteiger charge is -2.21. The van der Waals surface area contributed by atoms with Gasteiger partial charge in [0, 0.05) is 25.4 Å². The molecule has 0 aliphatic carbocycles. The maximum absolute atomic E-state index is 10.1. The number of aliphatic hydroxyl groups is 2. The Morgan fingerprint density at radius 3 is 2.67 bits per heavy atom. The molecule has 0 saturated heterocycles. The van der Waals surface area contributed by atoms with Crippen molar-refractivity contribution in [2.45, 2.75) is 25.7 Å². The van der Waals surface area contributed by atoms with Crippen molar-refractivity contribution in [2.75, 3.05) is 13.6 Å². The molecule has 1 aliphatic heterocycles. The molecule has 0 amide bonds. The molecule has 0 saturated carbocycles. The highest BCUT2D eigenvalue weighted by Crippen LogP contribution is 2.34. The van der Waals surface area contributed by atoms with E-state index in [0.29, 0.717) is 13.0 Å². The number of hydrogen-bond acceptors (Lipinski definition) is 3. The first-order valence-electron chi connectivity index (χ1n) is 5.24. The lowest BCUT2D eigenvalue weighted by atomic mass is 10.1. The molecule has 0 aromatic carbocycles. The van der Waals surface area contributed by atoms with E-state index in [-0.39, 0.29) is 0 Å². The van der Waals surface area contributed by atoms with E-state index >= 15 is 0 Å². The van der Waals surface area contributed by atoms with Gasteiger partial charge in [-0.1, -0.05) is 0 Å². The van der Waals surface area contributed by atoms with Crippen LogP contribution in [0.4, 0.5) is 0 Å². The summed E-state index contributed by atoms with van der Waals surface area (Å²) in [6, 6.07) is 0. The first-order chi connectivity index (χ1) is 7.02. The maximum atomic E-state index is 10.1. The van der Waals surface area contributed by atoms with E-state index in [1.54, 1.807) is 0 Å². The Morgan fingerprint density at radius 2 is 2.00 bits per heavy atom. The summed E-state index contributed by atoms with van der Waals surface area (Å²) in [6.45, 7) is 2.67. The molecule has 2 unspecified atom stereocenters. The van der Waals surface area contributed by atoms with E-state index in [1.165, 1.54) is 0 Å². The molecular weight excluding hydrogens is 192 g/mol. The number of nitrogens with zero attached hydrogens (tertiary/aromatic N) is 2. The van der Waals surface area contributed by atoms with Crippen LogP contribution in [0.15, 0.2) is 6.20 Å². The molecule has 1 aliphatic rings. The Balaban J connectivity index is 2.57. The van der Waals surface area contributed by atoms with Crippen LogP contribution in [0, 0.1) is 6.92 Å². The average Bonchev–Trinajstić information content (AvgIpc) is 2.42. The monoisotopic (exact) mass is 210 g/mol. The minimum absolute atomic E-state index is 0.474. The van der Waals surface area contributed by atoms with Crippen molar-refractivity contribution in [3.63, 3.8) is 0 Å². The summed E-state index contributed by atoms with van der Waals surface area (Å²) in [6.07, 6.45) is 1.55. The minimum atomic E-state index is -0.599. The molecule has 1 aromatic rings. The van der Waals surface area contributed by atoms with Gasteiger partial charge in [-0.25, -0.2) is 0 Å². The largest absolute Gasteiger partial charge is 0.387 e. The zero-order chi connectivity index (χ0) is 11.2. The van der Waals surface area contributed by atoms with Crippen molar-refractivity contribution in [3.05, 3.63) is 23.0 Å². The second-order valence-corrected chi connectivity index (χ2v) is 4.38. The minimum Gasteiger partial charge on any atom is -0.387 e. The average molecular weight is 210 g/mol. The van der Waals surface area contributed by atoms with Crippen molar-refractivity contribution in [3.8, 4) is 0 Å². The first kappa shape index (κ1) is 10.7. The van der Waals surface area contributed by atoms with Gasteiger partial charge in [0.25, 0.3) is 0 Å². The van der Waals surface area contributed by atoms with Crippen molar-refractivity contribution in [1.29, 1.82) is 0 Å². The van der Waals surface area contributed by atoms with E-state index in [4.69, 9.17) is 0 Å². The molecule has 84 valence electrons. The summed E-state index contributed by atoms with van der Waals surface area (Å²) in [5.74, 6) is 0. The molecular formula is C11H18N2O2. The lowest BCUT2D eigenvalue weighted by Crippen LogP contribution is -2.24. The quantitative estimate of drug-likeness (QED) is 0.662. The Morgan fingerprint density at radius 1 is 1.33 bits per heavy atom. The Kier molecular flexibility index (Phi) is 2.58. The van der Waals surface area contributed by atoms with Gasteiger partial charge in [-0.2, -0.15) is 0 Å². The van der Waals surface area contributed by atoms with Crippen LogP contribution in [0.3, 0.4) is 0 Å². The van der Waals surface area contributed by atoms with Crippen LogP contribution in [0.5, 0.6) is 0 Å². The SMILES string of the molecule is Cc1cn(C)c2c1C(O)N(C)CCC2O. The van der Waals surface area contributed by atoms with Crippen LogP contribution in [-0.4, -0.2) is 33.3 Å². The van der Waals surface area contributed by atoms with Crippen molar-refractivity contribution < 1.29 is 10.2 Å². The normalized spacial score (nSPS) is 27.5. The summed E-state index contributed by atoms with van der Waals surface area (Å²) < 4.78 is 1.91. The third-order valence-corrected chi connectivity index (χ3v) is 3.21. The van der Waals surface area contributed by atoms with Gasteiger partial charge in [-0.3, -0.25) is 4.90 Å². The molecule has 2 atom stereocenters. The summed E-state index contributed by atoms with van der Waals surface area (Å²) in [7, 11) is 3.78. The molecule has 4 heteroatoms. The number of aryl methyl sites for hydroxylation is 2. The summed E-state index contributed by atoms with van der Waals surface area (Å²) in [5.41, 5.74) is 2.75. The molecule has 0 fully saturated rings. The molecule has 4 nitrogen and oxygen atoms in total. The van der Waals surface area contributed by atoms with E-state index in [9.17, 15) is 10.2 Å². The van der Waals surface area contributed by atoms with Gasteiger partial charge in [0.2, 0.25) is 0 Å². The molecule has 0 spiro atoms. The standard InChI is InChI=1S/C11H18N2O2/c1-7-6-13(3)10-8(14)4-5-12(2)11(15)9(7)10/h6,8,11,14-15H,4-5H2,1-3H3. The third kappa shape index (κ3) is 1.58. The zero-order valence-electron chi connectivity index (χ0n) is 9.44. The van der Waals surface area contributed by atoms with Crippen LogP contribution < -0.4 is 0 Å².